The standard InChI is InChI=1S/C18H21NO3/c1-14-3-5-15(6-4-14)13-22-17-9-7-16(8-10-17)18(21)19(2)11-12-20/h3-10,20H,11-13H2,1-2H3. The summed E-state index contributed by atoms with van der Waals surface area (Å²) in [6.07, 6.45) is 0. The summed E-state index contributed by atoms with van der Waals surface area (Å²) in [6.45, 7) is 2.83. The lowest BCUT2D eigenvalue weighted by atomic mass is 10.1. The Bertz CT molecular complexity index is 605. The topological polar surface area (TPSA) is 49.8 Å². The number of amides is 1. The van der Waals surface area contributed by atoms with E-state index in [1.165, 1.54) is 10.5 Å². The molecule has 0 unspecified atom stereocenters. The number of aliphatic hydroxyl groups is 1. The van der Waals surface area contributed by atoms with Crippen molar-refractivity contribution in [3.63, 3.8) is 0 Å². The number of benzene rings is 2. The second-order valence-corrected chi connectivity index (χ2v) is 5.25. The van der Waals surface area contributed by atoms with Crippen LogP contribution in [0, 0.1) is 6.92 Å². The van der Waals surface area contributed by atoms with Crippen LogP contribution in [0.2, 0.25) is 0 Å². The second kappa shape index (κ2) is 7.61. The Hall–Kier alpha value is -2.33. The first-order chi connectivity index (χ1) is 10.6. The molecule has 0 saturated carbocycles. The molecule has 0 aromatic heterocycles. The van der Waals surface area contributed by atoms with Gasteiger partial charge >= 0.3 is 0 Å². The van der Waals surface area contributed by atoms with E-state index >= 15 is 0 Å². The molecular weight excluding hydrogens is 278 g/mol. The number of carbonyl (C=O) groups is 1. The van der Waals surface area contributed by atoms with E-state index in [1.807, 2.05) is 19.1 Å². The van der Waals surface area contributed by atoms with Crippen LogP contribution in [0.4, 0.5) is 0 Å². The highest BCUT2D eigenvalue weighted by molar-refractivity contribution is 5.94. The predicted molar refractivity (Wildman–Crippen MR) is 86.0 cm³/mol. The summed E-state index contributed by atoms with van der Waals surface area (Å²) >= 11 is 0. The van der Waals surface area contributed by atoms with Gasteiger partial charge in [-0.25, -0.2) is 0 Å². The summed E-state index contributed by atoms with van der Waals surface area (Å²) < 4.78 is 5.71. The highest BCUT2D eigenvalue weighted by atomic mass is 16.5. The molecule has 0 aliphatic carbocycles. The van der Waals surface area contributed by atoms with Crippen LogP contribution in [0.5, 0.6) is 5.75 Å². The minimum Gasteiger partial charge on any atom is -0.489 e. The zero-order valence-corrected chi connectivity index (χ0v) is 13.0. The summed E-state index contributed by atoms with van der Waals surface area (Å²) in [7, 11) is 1.67. The number of aliphatic hydroxyl groups excluding tert-OH is 1. The minimum atomic E-state index is -0.112. The Balaban J connectivity index is 1.94. The fourth-order valence-electron chi connectivity index (χ4n) is 2.02. The van der Waals surface area contributed by atoms with Crippen LogP contribution in [0.3, 0.4) is 0 Å². The van der Waals surface area contributed by atoms with Crippen molar-refractivity contribution in [2.24, 2.45) is 0 Å². The number of hydrogen-bond donors (Lipinski definition) is 1. The van der Waals surface area contributed by atoms with E-state index in [0.717, 1.165) is 11.3 Å². The molecule has 4 heteroatoms. The van der Waals surface area contributed by atoms with Crippen molar-refractivity contribution in [2.45, 2.75) is 13.5 Å². The second-order valence-electron chi connectivity index (χ2n) is 5.25. The Morgan fingerprint density at radius 1 is 1.09 bits per heavy atom. The molecule has 1 amide bonds. The first-order valence-corrected chi connectivity index (χ1v) is 7.25. The molecule has 0 heterocycles. The maximum atomic E-state index is 12.0. The summed E-state index contributed by atoms with van der Waals surface area (Å²) in [5.74, 6) is 0.612. The van der Waals surface area contributed by atoms with E-state index in [-0.39, 0.29) is 12.5 Å². The summed E-state index contributed by atoms with van der Waals surface area (Å²) in [4.78, 5) is 13.5. The third-order valence-corrected chi connectivity index (χ3v) is 3.41. The van der Waals surface area contributed by atoms with Gasteiger partial charge in [0.25, 0.3) is 5.91 Å². The third kappa shape index (κ3) is 4.33. The summed E-state index contributed by atoms with van der Waals surface area (Å²) in [6, 6.07) is 15.2. The Morgan fingerprint density at radius 3 is 2.32 bits per heavy atom. The lowest BCUT2D eigenvalue weighted by Gasteiger charge is -2.15. The minimum absolute atomic E-state index is 0.0417. The molecule has 0 atom stereocenters. The van der Waals surface area contributed by atoms with Gasteiger partial charge in [0, 0.05) is 19.2 Å². The van der Waals surface area contributed by atoms with Gasteiger partial charge in [0.15, 0.2) is 0 Å². The van der Waals surface area contributed by atoms with Gasteiger partial charge in [0.1, 0.15) is 12.4 Å². The first kappa shape index (κ1) is 16.0. The van der Waals surface area contributed by atoms with E-state index in [1.54, 1.807) is 31.3 Å². The van der Waals surface area contributed by atoms with Crippen LogP contribution < -0.4 is 4.74 Å². The molecule has 2 aromatic carbocycles. The van der Waals surface area contributed by atoms with Crippen LogP contribution in [-0.2, 0) is 6.61 Å². The zero-order chi connectivity index (χ0) is 15.9. The van der Waals surface area contributed by atoms with Crippen molar-refractivity contribution in [1.82, 2.24) is 4.90 Å². The molecule has 1 N–H and O–H groups in total. The number of hydrogen-bond acceptors (Lipinski definition) is 3. The third-order valence-electron chi connectivity index (χ3n) is 3.41. The van der Waals surface area contributed by atoms with Gasteiger partial charge in [0.05, 0.1) is 6.61 Å². The van der Waals surface area contributed by atoms with E-state index in [0.29, 0.717) is 18.7 Å². The molecule has 0 spiro atoms. The number of ether oxygens (including phenoxy) is 1. The molecule has 2 aromatic rings. The van der Waals surface area contributed by atoms with Crippen LogP contribution >= 0.6 is 0 Å². The Morgan fingerprint density at radius 2 is 1.73 bits per heavy atom. The van der Waals surface area contributed by atoms with E-state index in [2.05, 4.69) is 12.1 Å². The number of nitrogens with zero attached hydrogens (tertiary/aromatic N) is 1. The van der Waals surface area contributed by atoms with Crippen molar-refractivity contribution < 1.29 is 14.6 Å². The maximum absolute atomic E-state index is 12.0. The van der Waals surface area contributed by atoms with Gasteiger partial charge in [-0.1, -0.05) is 29.8 Å². The lowest BCUT2D eigenvalue weighted by molar-refractivity contribution is 0.0767. The van der Waals surface area contributed by atoms with Crippen molar-refractivity contribution in [3.05, 3.63) is 65.2 Å². The first-order valence-electron chi connectivity index (χ1n) is 7.25. The van der Waals surface area contributed by atoms with Gasteiger partial charge in [-0.15, -0.1) is 0 Å². The SMILES string of the molecule is Cc1ccc(COc2ccc(C(=O)N(C)CCO)cc2)cc1. The molecule has 0 radical (unpaired) electrons. The van der Waals surface area contributed by atoms with Crippen LogP contribution in [-0.4, -0.2) is 36.1 Å². The largest absolute Gasteiger partial charge is 0.489 e. The van der Waals surface area contributed by atoms with E-state index < -0.39 is 0 Å². The lowest BCUT2D eigenvalue weighted by Crippen LogP contribution is -2.29. The highest BCUT2D eigenvalue weighted by Gasteiger charge is 2.10. The fourth-order valence-corrected chi connectivity index (χ4v) is 2.02. The number of likely N-dealkylation sites (N-methyl/N-ethyl adjacent to an activating group) is 1. The molecule has 0 aliphatic heterocycles. The summed E-state index contributed by atoms with van der Waals surface area (Å²) in [5, 5.41) is 8.86. The molecule has 22 heavy (non-hydrogen) atoms. The normalized spacial score (nSPS) is 10.3. The molecule has 0 bridgehead atoms. The number of rotatable bonds is 6. The molecular formula is C18H21NO3. The van der Waals surface area contributed by atoms with Gasteiger partial charge < -0.3 is 14.7 Å². The van der Waals surface area contributed by atoms with Gasteiger partial charge in [0.2, 0.25) is 0 Å². The molecule has 0 fully saturated rings. The Kier molecular flexibility index (Phi) is 5.55. The van der Waals surface area contributed by atoms with Crippen molar-refractivity contribution in [3.8, 4) is 5.75 Å². The number of aryl methyl sites for hydroxylation is 1. The molecule has 116 valence electrons. The van der Waals surface area contributed by atoms with Crippen molar-refractivity contribution in [1.29, 1.82) is 0 Å². The van der Waals surface area contributed by atoms with Gasteiger partial charge in [-0.2, -0.15) is 0 Å². The van der Waals surface area contributed by atoms with Crippen molar-refractivity contribution >= 4 is 5.91 Å². The van der Waals surface area contributed by atoms with E-state index in [9.17, 15) is 4.79 Å². The average molecular weight is 299 g/mol. The molecule has 0 saturated heterocycles. The van der Waals surface area contributed by atoms with Gasteiger partial charge in [-0.05, 0) is 36.8 Å². The highest BCUT2D eigenvalue weighted by Crippen LogP contribution is 2.15. The molecule has 2 rings (SSSR count). The maximum Gasteiger partial charge on any atom is 0.253 e. The quantitative estimate of drug-likeness (QED) is 0.892. The molecule has 4 nitrogen and oxygen atoms in total. The van der Waals surface area contributed by atoms with Crippen molar-refractivity contribution in [2.75, 3.05) is 20.2 Å². The Labute approximate surface area is 131 Å². The smallest absolute Gasteiger partial charge is 0.253 e. The zero-order valence-electron chi connectivity index (χ0n) is 13.0. The monoisotopic (exact) mass is 299 g/mol. The predicted octanol–water partition coefficient (Wildman–Crippen LogP) is 2.64. The van der Waals surface area contributed by atoms with Crippen LogP contribution in [0.15, 0.2) is 48.5 Å². The summed E-state index contributed by atoms with van der Waals surface area (Å²) in [5.41, 5.74) is 2.91. The average Bonchev–Trinajstić information content (AvgIpc) is 2.54. The number of carbonyl (C=O) groups excluding carboxylic acids is 1. The fraction of sp³-hybridized carbons (Fsp3) is 0.278. The van der Waals surface area contributed by atoms with Crippen LogP contribution in [0.25, 0.3) is 0 Å². The molecule has 0 aliphatic rings. The van der Waals surface area contributed by atoms with Crippen LogP contribution in [0.1, 0.15) is 21.5 Å². The van der Waals surface area contributed by atoms with Gasteiger partial charge in [-0.3, -0.25) is 4.79 Å². The van der Waals surface area contributed by atoms with E-state index in [4.69, 9.17) is 9.84 Å².